The molecule has 1 atom stereocenters. The molecule has 0 bridgehead atoms. The molecule has 1 aliphatic heterocycles. The lowest BCUT2D eigenvalue weighted by Gasteiger charge is -2.29. The van der Waals surface area contributed by atoms with Crippen LogP contribution in [0.5, 0.6) is 0 Å². The van der Waals surface area contributed by atoms with Gasteiger partial charge in [0.15, 0.2) is 0 Å². The first-order valence-electron chi connectivity index (χ1n) is 8.72. The van der Waals surface area contributed by atoms with Crippen LogP contribution in [0.15, 0.2) is 47.4 Å². The number of carbonyl (C=O) groups is 1. The predicted octanol–water partition coefficient (Wildman–Crippen LogP) is 2.13. The van der Waals surface area contributed by atoms with Crippen molar-refractivity contribution < 1.29 is 27.6 Å². The average molecular weight is 423 g/mol. The molecule has 9 nitrogen and oxygen atoms in total. The summed E-state index contributed by atoms with van der Waals surface area (Å²) < 4.78 is 40.2. The molecule has 2 aromatic rings. The maximum absolute atomic E-state index is 13.4. The Bertz CT molecular complexity index is 1060. The van der Waals surface area contributed by atoms with Gasteiger partial charge in [-0.2, -0.15) is 8.70 Å². The highest BCUT2D eigenvalue weighted by Gasteiger charge is 2.30. The molecule has 1 fully saturated rings. The fraction of sp³-hybridized carbons (Fsp3) is 0.278. The molecule has 1 heterocycles. The van der Waals surface area contributed by atoms with Gasteiger partial charge in [-0.3, -0.25) is 14.9 Å². The van der Waals surface area contributed by atoms with Crippen molar-refractivity contribution in [1.82, 2.24) is 4.31 Å². The van der Waals surface area contributed by atoms with Crippen LogP contribution in [-0.2, 0) is 10.0 Å². The molecular weight excluding hydrogens is 405 g/mol. The minimum Gasteiger partial charge on any atom is -0.392 e. The Labute approximate surface area is 166 Å². The number of carbonyl (C=O) groups excluding carboxylic acids is 1. The molecule has 0 aromatic heterocycles. The predicted molar refractivity (Wildman–Crippen MR) is 101 cm³/mol. The summed E-state index contributed by atoms with van der Waals surface area (Å²) in [5, 5.41) is 22.9. The first-order chi connectivity index (χ1) is 13.7. The first-order valence-corrected chi connectivity index (χ1v) is 10.2. The van der Waals surface area contributed by atoms with Crippen LogP contribution in [0, 0.1) is 15.9 Å². The third kappa shape index (κ3) is 4.58. The number of β-amino-alcohol motifs (C(OH)–C–C–N with tert-alkyl or cyclic N) is 1. The molecule has 2 N–H and O–H groups in total. The fourth-order valence-electron chi connectivity index (χ4n) is 3.02. The molecule has 0 aliphatic carbocycles. The van der Waals surface area contributed by atoms with Crippen LogP contribution in [0.4, 0.5) is 15.8 Å². The summed E-state index contributed by atoms with van der Waals surface area (Å²) in [7, 11) is -3.89. The standard InChI is InChI=1S/C18H18FN3O6S/c19-16-7-6-13(10-17(16)22(25)26)20-18(24)12-3-1-5-15(9-12)29(27,28)21-8-2-4-14(23)11-21/h1,3,5-7,9-10,14,23H,2,4,8,11H2,(H,20,24). The number of sulfonamides is 1. The number of benzene rings is 2. The third-order valence-electron chi connectivity index (χ3n) is 4.49. The summed E-state index contributed by atoms with van der Waals surface area (Å²) in [6.45, 7) is 0.257. The monoisotopic (exact) mass is 423 g/mol. The number of piperidine rings is 1. The van der Waals surface area contributed by atoms with Crippen LogP contribution < -0.4 is 5.32 Å². The van der Waals surface area contributed by atoms with Gasteiger partial charge in [0, 0.05) is 30.4 Å². The molecule has 0 radical (unpaired) electrons. The molecule has 3 rings (SSSR count). The van der Waals surface area contributed by atoms with Crippen molar-refractivity contribution in [2.75, 3.05) is 18.4 Å². The van der Waals surface area contributed by atoms with Crippen molar-refractivity contribution in [2.24, 2.45) is 0 Å². The minimum absolute atomic E-state index is 0.00415. The number of amides is 1. The smallest absolute Gasteiger partial charge is 0.306 e. The molecule has 11 heteroatoms. The highest BCUT2D eigenvalue weighted by molar-refractivity contribution is 7.89. The van der Waals surface area contributed by atoms with Gasteiger partial charge in [-0.25, -0.2) is 8.42 Å². The third-order valence-corrected chi connectivity index (χ3v) is 6.36. The first kappa shape index (κ1) is 20.8. The van der Waals surface area contributed by atoms with Gasteiger partial charge in [0.25, 0.3) is 5.91 Å². The summed E-state index contributed by atoms with van der Waals surface area (Å²) in [5.41, 5.74) is -0.783. The van der Waals surface area contributed by atoms with E-state index < -0.39 is 38.5 Å². The average Bonchev–Trinajstić information content (AvgIpc) is 2.69. The van der Waals surface area contributed by atoms with Gasteiger partial charge in [-0.05, 0) is 43.2 Å². The molecule has 1 saturated heterocycles. The second kappa shape index (κ2) is 8.23. The van der Waals surface area contributed by atoms with Gasteiger partial charge in [0.1, 0.15) is 0 Å². The van der Waals surface area contributed by atoms with Crippen molar-refractivity contribution in [1.29, 1.82) is 0 Å². The molecule has 1 amide bonds. The minimum atomic E-state index is -3.89. The normalized spacial score (nSPS) is 17.7. The van der Waals surface area contributed by atoms with Crippen LogP contribution in [0.25, 0.3) is 0 Å². The van der Waals surface area contributed by atoms with E-state index >= 15 is 0 Å². The van der Waals surface area contributed by atoms with E-state index in [9.17, 15) is 32.8 Å². The van der Waals surface area contributed by atoms with Gasteiger partial charge in [0.05, 0.1) is 15.9 Å². The number of nitrogens with one attached hydrogen (secondary N) is 1. The number of nitrogens with zero attached hydrogens (tertiary/aromatic N) is 2. The fourth-order valence-corrected chi connectivity index (χ4v) is 4.58. The molecule has 0 saturated carbocycles. The maximum atomic E-state index is 13.4. The van der Waals surface area contributed by atoms with Gasteiger partial charge in [-0.1, -0.05) is 6.07 Å². The van der Waals surface area contributed by atoms with Crippen LogP contribution in [0.2, 0.25) is 0 Å². The van der Waals surface area contributed by atoms with Gasteiger partial charge < -0.3 is 10.4 Å². The zero-order chi connectivity index (χ0) is 21.2. The number of nitro benzene ring substituents is 1. The topological polar surface area (TPSA) is 130 Å². The Kier molecular flexibility index (Phi) is 5.91. The van der Waals surface area contributed by atoms with Crippen molar-refractivity contribution in [3.63, 3.8) is 0 Å². The number of hydrogen-bond acceptors (Lipinski definition) is 6. The van der Waals surface area contributed by atoms with Gasteiger partial charge in [-0.15, -0.1) is 0 Å². The Morgan fingerprint density at radius 1 is 1.28 bits per heavy atom. The van der Waals surface area contributed by atoms with E-state index in [4.69, 9.17) is 0 Å². The molecule has 0 spiro atoms. The van der Waals surface area contributed by atoms with Gasteiger partial charge in [0.2, 0.25) is 15.8 Å². The maximum Gasteiger partial charge on any atom is 0.306 e. The lowest BCUT2D eigenvalue weighted by molar-refractivity contribution is -0.387. The van der Waals surface area contributed by atoms with Crippen molar-refractivity contribution in [3.8, 4) is 0 Å². The lowest BCUT2D eigenvalue weighted by atomic mass is 10.1. The van der Waals surface area contributed by atoms with Gasteiger partial charge >= 0.3 is 5.69 Å². The summed E-state index contributed by atoms with van der Waals surface area (Å²) in [4.78, 5) is 22.3. The molecular formula is C18H18FN3O6S. The number of rotatable bonds is 5. The van der Waals surface area contributed by atoms with Crippen LogP contribution in [-0.4, -0.2) is 47.9 Å². The molecule has 2 aromatic carbocycles. The largest absolute Gasteiger partial charge is 0.392 e. The van der Waals surface area contributed by atoms with E-state index in [1.54, 1.807) is 0 Å². The Hall–Kier alpha value is -2.89. The number of nitro groups is 1. The molecule has 1 aliphatic rings. The Balaban J connectivity index is 1.83. The van der Waals surface area contributed by atoms with Crippen molar-refractivity contribution in [2.45, 2.75) is 23.8 Å². The van der Waals surface area contributed by atoms with E-state index in [0.717, 1.165) is 18.2 Å². The number of anilines is 1. The summed E-state index contributed by atoms with van der Waals surface area (Å²) >= 11 is 0. The summed E-state index contributed by atoms with van der Waals surface area (Å²) in [6.07, 6.45) is 0.321. The SMILES string of the molecule is O=C(Nc1ccc(F)c([N+](=O)[O-])c1)c1cccc(S(=O)(=O)N2CCCC(O)C2)c1. The summed E-state index contributed by atoms with van der Waals surface area (Å²) in [6, 6.07) is 8.21. The van der Waals surface area contributed by atoms with E-state index in [1.807, 2.05) is 0 Å². The lowest BCUT2D eigenvalue weighted by Crippen LogP contribution is -2.42. The quantitative estimate of drug-likeness (QED) is 0.560. The van der Waals surface area contributed by atoms with Crippen LogP contribution in [0.3, 0.4) is 0 Å². The van der Waals surface area contributed by atoms with E-state index in [-0.39, 0.29) is 29.2 Å². The van der Waals surface area contributed by atoms with E-state index in [0.29, 0.717) is 12.8 Å². The van der Waals surface area contributed by atoms with Crippen molar-refractivity contribution >= 4 is 27.3 Å². The number of aliphatic hydroxyl groups is 1. The van der Waals surface area contributed by atoms with Crippen molar-refractivity contribution in [3.05, 3.63) is 64.0 Å². The molecule has 1 unspecified atom stereocenters. The highest BCUT2D eigenvalue weighted by atomic mass is 32.2. The summed E-state index contributed by atoms with van der Waals surface area (Å²) in [5.74, 6) is -1.74. The zero-order valence-corrected chi connectivity index (χ0v) is 15.9. The van der Waals surface area contributed by atoms with E-state index in [2.05, 4.69) is 5.32 Å². The number of hydrogen-bond donors (Lipinski definition) is 2. The zero-order valence-electron chi connectivity index (χ0n) is 15.1. The second-order valence-electron chi connectivity index (χ2n) is 6.56. The Morgan fingerprint density at radius 2 is 2.03 bits per heavy atom. The van der Waals surface area contributed by atoms with Crippen LogP contribution >= 0.6 is 0 Å². The van der Waals surface area contributed by atoms with E-state index in [1.165, 1.54) is 28.6 Å². The number of halogens is 1. The highest BCUT2D eigenvalue weighted by Crippen LogP contribution is 2.24. The second-order valence-corrected chi connectivity index (χ2v) is 8.50. The molecule has 29 heavy (non-hydrogen) atoms. The van der Waals surface area contributed by atoms with Crippen LogP contribution in [0.1, 0.15) is 23.2 Å². The number of aliphatic hydroxyl groups excluding tert-OH is 1. The Morgan fingerprint density at radius 3 is 2.72 bits per heavy atom. The molecule has 154 valence electrons.